The van der Waals surface area contributed by atoms with Crippen LogP contribution < -0.4 is 5.56 Å². The van der Waals surface area contributed by atoms with Crippen molar-refractivity contribution in [3.63, 3.8) is 0 Å². The third-order valence-electron chi connectivity index (χ3n) is 4.18. The van der Waals surface area contributed by atoms with Crippen molar-refractivity contribution in [2.24, 2.45) is 0 Å². The predicted octanol–water partition coefficient (Wildman–Crippen LogP) is 4.97. The Morgan fingerprint density at radius 2 is 2.08 bits per heavy atom. The van der Waals surface area contributed by atoms with Crippen LogP contribution >= 0.6 is 23.1 Å². The van der Waals surface area contributed by atoms with E-state index >= 15 is 0 Å². The third-order valence-corrected chi connectivity index (χ3v) is 6.14. The molecule has 0 atom stereocenters. The van der Waals surface area contributed by atoms with E-state index in [1.54, 1.807) is 11.3 Å². The van der Waals surface area contributed by atoms with Crippen LogP contribution in [-0.4, -0.2) is 15.7 Å². The van der Waals surface area contributed by atoms with Gasteiger partial charge >= 0.3 is 0 Å². The maximum absolute atomic E-state index is 12.7. The van der Waals surface area contributed by atoms with Crippen molar-refractivity contribution in [2.45, 2.75) is 38.8 Å². The Hall–Kier alpha value is -2.10. The first-order valence-corrected chi connectivity index (χ1v) is 9.92. The molecule has 0 aliphatic carbocycles. The molecule has 0 unspecified atom stereocenters. The van der Waals surface area contributed by atoms with Crippen molar-refractivity contribution in [3.05, 3.63) is 44.6 Å². The number of H-pyrrole nitrogens is 1. The molecule has 0 radical (unpaired) electrons. The van der Waals surface area contributed by atoms with Gasteiger partial charge < -0.3 is 4.98 Å². The molecule has 0 saturated carbocycles. The fourth-order valence-electron chi connectivity index (χ4n) is 2.73. The fraction of sp³-hybridized carbons (Fsp3) is 0.316. The number of aryl methyl sites for hydroxylation is 3. The summed E-state index contributed by atoms with van der Waals surface area (Å²) < 4.78 is 0. The van der Waals surface area contributed by atoms with Crippen molar-refractivity contribution in [3.8, 4) is 17.2 Å². The van der Waals surface area contributed by atoms with Crippen LogP contribution in [0.2, 0.25) is 0 Å². The molecular formula is C19H19N3OS2. The molecule has 3 aromatic rings. The average Bonchev–Trinajstić information content (AvgIpc) is 2.91. The smallest absolute Gasteiger partial charge is 0.260 e. The Morgan fingerprint density at radius 1 is 1.28 bits per heavy atom. The fourth-order valence-corrected chi connectivity index (χ4v) is 4.64. The second-order valence-corrected chi connectivity index (χ2v) is 8.28. The second kappa shape index (κ2) is 7.42. The van der Waals surface area contributed by atoms with Crippen LogP contribution in [0.4, 0.5) is 0 Å². The molecule has 1 N–H and O–H groups in total. The SMILES string of the molecule is Cc1ccc(-c2c(C)sc3nc(SCCCC#N)[nH]c(=O)c23)cc1C. The van der Waals surface area contributed by atoms with Crippen LogP contribution in [0.25, 0.3) is 21.3 Å². The number of aromatic nitrogens is 2. The molecule has 0 aliphatic rings. The van der Waals surface area contributed by atoms with Gasteiger partial charge in [-0.15, -0.1) is 11.3 Å². The van der Waals surface area contributed by atoms with E-state index in [2.05, 4.69) is 48.1 Å². The number of thiophene rings is 1. The number of thioether (sulfide) groups is 1. The Labute approximate surface area is 154 Å². The van der Waals surface area contributed by atoms with Gasteiger partial charge in [0.25, 0.3) is 5.56 Å². The molecule has 3 rings (SSSR count). The monoisotopic (exact) mass is 369 g/mol. The van der Waals surface area contributed by atoms with Gasteiger partial charge in [0.2, 0.25) is 0 Å². The van der Waals surface area contributed by atoms with E-state index in [1.807, 2.05) is 6.92 Å². The maximum Gasteiger partial charge on any atom is 0.260 e. The topological polar surface area (TPSA) is 69.5 Å². The highest BCUT2D eigenvalue weighted by Gasteiger charge is 2.17. The quantitative estimate of drug-likeness (QED) is 0.391. The summed E-state index contributed by atoms with van der Waals surface area (Å²) in [7, 11) is 0. The van der Waals surface area contributed by atoms with Gasteiger partial charge in [0.05, 0.1) is 11.5 Å². The minimum absolute atomic E-state index is 0.0923. The van der Waals surface area contributed by atoms with Crippen LogP contribution in [-0.2, 0) is 0 Å². The molecule has 128 valence electrons. The van der Waals surface area contributed by atoms with E-state index in [9.17, 15) is 4.79 Å². The number of fused-ring (bicyclic) bond motifs is 1. The molecule has 0 saturated heterocycles. The number of benzene rings is 1. The number of aromatic amines is 1. The van der Waals surface area contributed by atoms with Gasteiger partial charge in [0.15, 0.2) is 5.16 Å². The molecule has 1 aromatic carbocycles. The maximum atomic E-state index is 12.7. The summed E-state index contributed by atoms with van der Waals surface area (Å²) in [5.41, 5.74) is 4.41. The molecule has 0 aliphatic heterocycles. The van der Waals surface area contributed by atoms with Gasteiger partial charge in [-0.05, 0) is 43.9 Å². The standard InChI is InChI=1S/C19H19N3OS2/c1-11-6-7-14(10-12(11)2)15-13(3)25-18-16(15)17(23)21-19(22-18)24-9-5-4-8-20/h6-7,10H,4-5,9H2,1-3H3,(H,21,22,23). The Balaban J connectivity index is 2.04. The number of hydrogen-bond donors (Lipinski definition) is 1. The molecule has 0 bridgehead atoms. The normalized spacial score (nSPS) is 11.0. The van der Waals surface area contributed by atoms with Gasteiger partial charge in [-0.2, -0.15) is 5.26 Å². The van der Waals surface area contributed by atoms with Crippen LogP contribution in [0, 0.1) is 32.1 Å². The van der Waals surface area contributed by atoms with E-state index in [0.717, 1.165) is 33.0 Å². The van der Waals surface area contributed by atoms with Crippen LogP contribution in [0.1, 0.15) is 28.8 Å². The number of unbranched alkanes of at least 4 members (excludes halogenated alkanes) is 1. The van der Waals surface area contributed by atoms with Crippen molar-refractivity contribution in [1.82, 2.24) is 9.97 Å². The number of hydrogen-bond acceptors (Lipinski definition) is 5. The molecule has 0 fully saturated rings. The predicted molar refractivity (Wildman–Crippen MR) is 105 cm³/mol. The highest BCUT2D eigenvalue weighted by Crippen LogP contribution is 2.36. The summed E-state index contributed by atoms with van der Waals surface area (Å²) in [6, 6.07) is 8.42. The number of rotatable bonds is 5. The lowest BCUT2D eigenvalue weighted by atomic mass is 9.99. The van der Waals surface area contributed by atoms with Crippen molar-refractivity contribution >= 4 is 33.3 Å². The highest BCUT2D eigenvalue weighted by atomic mass is 32.2. The van der Waals surface area contributed by atoms with Crippen molar-refractivity contribution in [2.75, 3.05) is 5.75 Å². The number of nitriles is 1. The Bertz CT molecular complexity index is 1030. The molecule has 6 heteroatoms. The first-order chi connectivity index (χ1) is 12.0. The van der Waals surface area contributed by atoms with Gasteiger partial charge in [-0.3, -0.25) is 4.79 Å². The van der Waals surface area contributed by atoms with Gasteiger partial charge in [0.1, 0.15) is 4.83 Å². The number of nitrogens with zero attached hydrogens (tertiary/aromatic N) is 2. The summed E-state index contributed by atoms with van der Waals surface area (Å²) in [4.78, 5) is 22.1. The number of nitrogens with one attached hydrogen (secondary N) is 1. The lowest BCUT2D eigenvalue weighted by molar-refractivity contribution is 0.951. The summed E-state index contributed by atoms with van der Waals surface area (Å²) >= 11 is 3.05. The van der Waals surface area contributed by atoms with E-state index in [1.165, 1.54) is 22.9 Å². The first kappa shape index (κ1) is 17.7. The van der Waals surface area contributed by atoms with Crippen molar-refractivity contribution < 1.29 is 0 Å². The van der Waals surface area contributed by atoms with Crippen LogP contribution in [0.5, 0.6) is 0 Å². The first-order valence-electron chi connectivity index (χ1n) is 8.12. The third kappa shape index (κ3) is 3.63. The summed E-state index contributed by atoms with van der Waals surface area (Å²) in [5, 5.41) is 9.90. The molecular weight excluding hydrogens is 350 g/mol. The lowest BCUT2D eigenvalue weighted by Gasteiger charge is -2.06. The molecule has 25 heavy (non-hydrogen) atoms. The summed E-state index contributed by atoms with van der Waals surface area (Å²) in [6.07, 6.45) is 1.31. The molecule has 2 aromatic heterocycles. The molecule has 0 spiro atoms. The average molecular weight is 370 g/mol. The largest absolute Gasteiger partial charge is 0.301 e. The lowest BCUT2D eigenvalue weighted by Crippen LogP contribution is -2.09. The summed E-state index contributed by atoms with van der Waals surface area (Å²) in [6.45, 7) is 6.21. The van der Waals surface area contributed by atoms with Crippen LogP contribution in [0.15, 0.2) is 28.2 Å². The van der Waals surface area contributed by atoms with E-state index in [-0.39, 0.29) is 5.56 Å². The van der Waals surface area contributed by atoms with Gasteiger partial charge in [0, 0.05) is 22.6 Å². The van der Waals surface area contributed by atoms with E-state index in [0.29, 0.717) is 17.0 Å². The summed E-state index contributed by atoms with van der Waals surface area (Å²) in [5.74, 6) is 0.774. The zero-order valence-corrected chi connectivity index (χ0v) is 16.1. The van der Waals surface area contributed by atoms with Gasteiger partial charge in [-0.25, -0.2) is 4.98 Å². The zero-order valence-electron chi connectivity index (χ0n) is 14.5. The zero-order chi connectivity index (χ0) is 18.0. The van der Waals surface area contributed by atoms with Gasteiger partial charge in [-0.1, -0.05) is 30.0 Å². The van der Waals surface area contributed by atoms with E-state index in [4.69, 9.17) is 5.26 Å². The van der Waals surface area contributed by atoms with E-state index < -0.39 is 0 Å². The molecule has 0 amide bonds. The van der Waals surface area contributed by atoms with Crippen molar-refractivity contribution in [1.29, 1.82) is 5.26 Å². The Kier molecular flexibility index (Phi) is 5.26. The second-order valence-electron chi connectivity index (χ2n) is 5.99. The minimum Gasteiger partial charge on any atom is -0.301 e. The highest BCUT2D eigenvalue weighted by molar-refractivity contribution is 7.99. The molecule has 4 nitrogen and oxygen atoms in total. The Morgan fingerprint density at radius 3 is 2.80 bits per heavy atom. The molecule has 2 heterocycles. The van der Waals surface area contributed by atoms with Crippen LogP contribution in [0.3, 0.4) is 0 Å². The minimum atomic E-state index is -0.0923.